The molecule has 0 aliphatic rings. The van der Waals surface area contributed by atoms with E-state index < -0.39 is 15.1 Å². The Morgan fingerprint density at radius 2 is 1.43 bits per heavy atom. The minimum Gasteiger partial charge on any atom is -0.222 e. The summed E-state index contributed by atoms with van der Waals surface area (Å²) in [5, 5.41) is 9.07. The molecule has 0 aromatic heterocycles. The van der Waals surface area contributed by atoms with E-state index in [2.05, 4.69) is 0 Å². The maximum Gasteiger partial charge on any atom is 0.194 e. The van der Waals surface area contributed by atoms with Gasteiger partial charge in [0.1, 0.15) is 0 Å². The number of halogens is 2. The Hall–Kier alpha value is -1.54. The molecule has 21 heavy (non-hydrogen) atoms. The lowest BCUT2D eigenvalue weighted by Crippen LogP contribution is -2.22. The zero-order valence-electron chi connectivity index (χ0n) is 10.8. The van der Waals surface area contributed by atoms with Gasteiger partial charge in [0.15, 0.2) is 15.1 Å². The number of nitriles is 1. The van der Waals surface area contributed by atoms with Crippen LogP contribution >= 0.6 is 23.2 Å². The molecule has 0 saturated heterocycles. The molecule has 2 aromatic carbocycles. The summed E-state index contributed by atoms with van der Waals surface area (Å²) in [4.78, 5) is 0.0902. The van der Waals surface area contributed by atoms with E-state index in [0.717, 1.165) is 5.56 Å². The first-order chi connectivity index (χ1) is 9.93. The van der Waals surface area contributed by atoms with Crippen LogP contribution in [-0.4, -0.2) is 13.7 Å². The van der Waals surface area contributed by atoms with Gasteiger partial charge in [-0.15, -0.1) is 0 Å². The molecule has 0 N–H and O–H groups in total. The quantitative estimate of drug-likeness (QED) is 0.848. The molecule has 6 heteroatoms. The van der Waals surface area contributed by atoms with Gasteiger partial charge in [-0.3, -0.25) is 0 Å². The molecule has 2 rings (SSSR count). The SMILES string of the molecule is N#C[C@H](Cc1ccc(Cl)cc1)S(=O)(=O)c1ccc(Cl)cc1. The first-order valence-corrected chi connectivity index (χ1v) is 8.37. The second-order valence-corrected chi connectivity index (χ2v) is 7.45. The highest BCUT2D eigenvalue weighted by Crippen LogP contribution is 2.21. The van der Waals surface area contributed by atoms with Crippen LogP contribution in [0.5, 0.6) is 0 Å². The second-order valence-electron chi connectivity index (χ2n) is 4.45. The van der Waals surface area contributed by atoms with Crippen LogP contribution < -0.4 is 0 Å². The average Bonchev–Trinajstić information content (AvgIpc) is 2.47. The zero-order chi connectivity index (χ0) is 15.5. The third-order valence-electron chi connectivity index (χ3n) is 3.00. The zero-order valence-corrected chi connectivity index (χ0v) is 13.2. The van der Waals surface area contributed by atoms with Gasteiger partial charge in [-0.2, -0.15) is 5.26 Å². The standard InChI is InChI=1S/C15H11Cl2NO2S/c16-12-3-1-11(2-4-12)9-15(10-18)21(19,20)14-7-5-13(17)6-8-14/h1-8,15H,9H2/t15-/m0/s1. The third-order valence-corrected chi connectivity index (χ3v) is 5.45. The van der Waals surface area contributed by atoms with Crippen molar-refractivity contribution in [3.05, 3.63) is 64.1 Å². The molecule has 0 aliphatic carbocycles. The summed E-state index contributed by atoms with van der Waals surface area (Å²) in [7, 11) is -3.73. The van der Waals surface area contributed by atoms with Crippen LogP contribution in [0.2, 0.25) is 10.0 Å². The van der Waals surface area contributed by atoms with Crippen LogP contribution in [0.1, 0.15) is 5.56 Å². The average molecular weight is 340 g/mol. The lowest BCUT2D eigenvalue weighted by molar-refractivity contribution is 0.588. The first kappa shape index (κ1) is 15.8. The number of hydrogen-bond acceptors (Lipinski definition) is 3. The third kappa shape index (κ3) is 3.76. The van der Waals surface area contributed by atoms with Crippen LogP contribution in [0.3, 0.4) is 0 Å². The maximum absolute atomic E-state index is 12.5. The molecule has 3 nitrogen and oxygen atoms in total. The van der Waals surface area contributed by atoms with E-state index in [1.807, 2.05) is 6.07 Å². The molecule has 0 aliphatic heterocycles. The van der Waals surface area contributed by atoms with Gasteiger partial charge in [0.05, 0.1) is 11.0 Å². The summed E-state index contributed by atoms with van der Waals surface area (Å²) in [6.45, 7) is 0. The van der Waals surface area contributed by atoms with Crippen molar-refractivity contribution < 1.29 is 8.42 Å². The van der Waals surface area contributed by atoms with Gasteiger partial charge in [0.25, 0.3) is 0 Å². The molecule has 0 amide bonds. The van der Waals surface area contributed by atoms with Crippen LogP contribution in [-0.2, 0) is 16.3 Å². The molecule has 0 spiro atoms. The van der Waals surface area contributed by atoms with E-state index in [4.69, 9.17) is 23.2 Å². The molecule has 0 unspecified atom stereocenters. The Morgan fingerprint density at radius 1 is 0.952 bits per heavy atom. The first-order valence-electron chi connectivity index (χ1n) is 6.07. The van der Waals surface area contributed by atoms with E-state index in [9.17, 15) is 13.7 Å². The molecule has 108 valence electrons. The van der Waals surface area contributed by atoms with E-state index >= 15 is 0 Å². The molecular weight excluding hydrogens is 329 g/mol. The van der Waals surface area contributed by atoms with Crippen molar-refractivity contribution >= 4 is 33.0 Å². The highest BCUT2D eigenvalue weighted by molar-refractivity contribution is 7.92. The van der Waals surface area contributed by atoms with Gasteiger partial charge in [0, 0.05) is 16.5 Å². The number of benzene rings is 2. The summed E-state index contributed by atoms with van der Waals surface area (Å²) in [5.41, 5.74) is 0.739. The fourth-order valence-corrected chi connectivity index (χ4v) is 3.49. The maximum atomic E-state index is 12.5. The lowest BCUT2D eigenvalue weighted by Gasteiger charge is -2.11. The van der Waals surface area contributed by atoms with Crippen LogP contribution in [0.4, 0.5) is 0 Å². The van der Waals surface area contributed by atoms with Crippen molar-refractivity contribution in [1.82, 2.24) is 0 Å². The highest BCUT2D eigenvalue weighted by Gasteiger charge is 2.27. The summed E-state index contributed by atoms with van der Waals surface area (Å²) >= 11 is 11.5. The van der Waals surface area contributed by atoms with Gasteiger partial charge >= 0.3 is 0 Å². The predicted molar refractivity (Wildman–Crippen MR) is 83.2 cm³/mol. The van der Waals surface area contributed by atoms with Crippen molar-refractivity contribution in [3.8, 4) is 6.07 Å². The van der Waals surface area contributed by atoms with E-state index in [-0.39, 0.29) is 11.3 Å². The fourth-order valence-electron chi connectivity index (χ4n) is 1.85. The largest absolute Gasteiger partial charge is 0.222 e. The highest BCUT2D eigenvalue weighted by atomic mass is 35.5. The van der Waals surface area contributed by atoms with Crippen molar-refractivity contribution in [2.75, 3.05) is 0 Å². The predicted octanol–water partition coefficient (Wildman–Crippen LogP) is 3.90. The van der Waals surface area contributed by atoms with Gasteiger partial charge in [-0.25, -0.2) is 8.42 Å². The summed E-state index contributed by atoms with van der Waals surface area (Å²) in [6.07, 6.45) is 0.110. The minimum absolute atomic E-state index is 0.0902. The van der Waals surface area contributed by atoms with E-state index in [0.29, 0.717) is 10.0 Å². The molecule has 0 heterocycles. The van der Waals surface area contributed by atoms with Crippen molar-refractivity contribution in [2.24, 2.45) is 0 Å². The minimum atomic E-state index is -3.73. The summed E-state index contributed by atoms with van der Waals surface area (Å²) < 4.78 is 24.9. The smallest absolute Gasteiger partial charge is 0.194 e. The number of hydrogen-bond donors (Lipinski definition) is 0. The van der Waals surface area contributed by atoms with Gasteiger partial charge in [0.2, 0.25) is 0 Å². The summed E-state index contributed by atoms with van der Waals surface area (Å²) in [5.74, 6) is 0. The van der Waals surface area contributed by atoms with Crippen molar-refractivity contribution in [1.29, 1.82) is 5.26 Å². The molecule has 0 bridgehead atoms. The number of sulfone groups is 1. The van der Waals surface area contributed by atoms with Gasteiger partial charge in [-0.1, -0.05) is 35.3 Å². The normalized spacial score (nSPS) is 12.6. The molecule has 0 saturated carbocycles. The van der Waals surface area contributed by atoms with Crippen LogP contribution in [0.15, 0.2) is 53.4 Å². The Bertz CT molecular complexity index is 763. The molecule has 0 radical (unpaired) electrons. The van der Waals surface area contributed by atoms with Crippen LogP contribution in [0, 0.1) is 11.3 Å². The second kappa shape index (κ2) is 6.48. The Balaban J connectivity index is 2.30. The Labute approximate surface area is 133 Å². The topological polar surface area (TPSA) is 57.9 Å². The summed E-state index contributed by atoms with van der Waals surface area (Å²) in [6, 6.07) is 14.4. The van der Waals surface area contributed by atoms with Crippen molar-refractivity contribution in [3.63, 3.8) is 0 Å². The Morgan fingerprint density at radius 3 is 1.90 bits per heavy atom. The Kier molecular flexibility index (Phi) is 4.89. The van der Waals surface area contributed by atoms with Gasteiger partial charge < -0.3 is 0 Å². The van der Waals surface area contributed by atoms with Crippen molar-refractivity contribution in [2.45, 2.75) is 16.6 Å². The van der Waals surface area contributed by atoms with E-state index in [1.165, 1.54) is 24.3 Å². The molecule has 2 aromatic rings. The van der Waals surface area contributed by atoms with Gasteiger partial charge in [-0.05, 0) is 42.0 Å². The molecular formula is C15H11Cl2NO2S. The fraction of sp³-hybridized carbons (Fsp3) is 0.133. The monoisotopic (exact) mass is 339 g/mol. The number of rotatable bonds is 4. The van der Waals surface area contributed by atoms with Crippen LogP contribution in [0.25, 0.3) is 0 Å². The molecule has 1 atom stereocenters. The molecule has 0 fully saturated rings. The lowest BCUT2D eigenvalue weighted by atomic mass is 10.1. The van der Waals surface area contributed by atoms with E-state index in [1.54, 1.807) is 24.3 Å². The number of nitrogens with zero attached hydrogens (tertiary/aromatic N) is 1.